The van der Waals surface area contributed by atoms with Crippen molar-refractivity contribution in [3.05, 3.63) is 24.3 Å². The average Bonchev–Trinajstić information content (AvgIpc) is 3.46. The molecular formula is C74H140O6. The number of carbonyl (C=O) groups is 3. The van der Waals surface area contributed by atoms with Gasteiger partial charge in [0.25, 0.3) is 0 Å². The van der Waals surface area contributed by atoms with E-state index >= 15 is 0 Å². The van der Waals surface area contributed by atoms with Crippen LogP contribution in [0.4, 0.5) is 0 Å². The number of hydrogen-bond acceptors (Lipinski definition) is 6. The fourth-order valence-electron chi connectivity index (χ4n) is 11.2. The monoisotopic (exact) mass is 1130 g/mol. The molecule has 0 saturated carbocycles. The average molecular weight is 1130 g/mol. The zero-order chi connectivity index (χ0) is 57.8. The molecule has 0 aliphatic heterocycles. The minimum absolute atomic E-state index is 0.0675. The summed E-state index contributed by atoms with van der Waals surface area (Å²) in [6.45, 7) is 6.69. The maximum atomic E-state index is 12.9. The minimum atomic E-state index is -0.771. The van der Waals surface area contributed by atoms with E-state index in [1.165, 1.54) is 308 Å². The first kappa shape index (κ1) is 77.9. The van der Waals surface area contributed by atoms with Gasteiger partial charge in [-0.15, -0.1) is 0 Å². The highest BCUT2D eigenvalue weighted by atomic mass is 16.6. The molecule has 0 aliphatic carbocycles. The van der Waals surface area contributed by atoms with Gasteiger partial charge < -0.3 is 14.2 Å². The van der Waals surface area contributed by atoms with Crippen LogP contribution >= 0.6 is 0 Å². The minimum Gasteiger partial charge on any atom is -0.462 e. The second-order valence-corrected chi connectivity index (χ2v) is 24.9. The number of carbonyl (C=O) groups excluding carboxylic acids is 3. The largest absolute Gasteiger partial charge is 0.462 e. The highest BCUT2D eigenvalue weighted by Gasteiger charge is 2.19. The van der Waals surface area contributed by atoms with Crippen molar-refractivity contribution < 1.29 is 28.6 Å². The third-order valence-corrected chi connectivity index (χ3v) is 16.7. The molecule has 0 fully saturated rings. The van der Waals surface area contributed by atoms with Crippen LogP contribution in [0.25, 0.3) is 0 Å². The Kier molecular flexibility index (Phi) is 67.6. The van der Waals surface area contributed by atoms with Gasteiger partial charge in [0, 0.05) is 19.3 Å². The van der Waals surface area contributed by atoms with Gasteiger partial charge in [0.15, 0.2) is 6.10 Å². The molecular weight excluding hydrogens is 985 g/mol. The van der Waals surface area contributed by atoms with Crippen molar-refractivity contribution >= 4 is 17.9 Å². The fraction of sp³-hybridized carbons (Fsp3) is 0.905. The van der Waals surface area contributed by atoms with E-state index in [4.69, 9.17) is 14.2 Å². The highest BCUT2D eigenvalue weighted by Crippen LogP contribution is 2.19. The summed E-state index contributed by atoms with van der Waals surface area (Å²) in [5.41, 5.74) is 0. The van der Waals surface area contributed by atoms with E-state index < -0.39 is 6.10 Å². The third-order valence-electron chi connectivity index (χ3n) is 16.7. The van der Waals surface area contributed by atoms with Crippen LogP contribution in [-0.4, -0.2) is 37.2 Å². The van der Waals surface area contributed by atoms with Gasteiger partial charge in [-0.1, -0.05) is 347 Å². The molecule has 0 heterocycles. The van der Waals surface area contributed by atoms with E-state index in [0.717, 1.165) is 64.2 Å². The zero-order valence-electron chi connectivity index (χ0n) is 54.4. The number of esters is 3. The lowest BCUT2D eigenvalue weighted by atomic mass is 10.0. The Bertz CT molecular complexity index is 1290. The lowest BCUT2D eigenvalue weighted by molar-refractivity contribution is -0.167. The summed E-state index contributed by atoms with van der Waals surface area (Å²) in [5, 5.41) is 0. The zero-order valence-corrected chi connectivity index (χ0v) is 54.4. The molecule has 1 unspecified atom stereocenters. The Labute approximate surface area is 500 Å². The molecule has 6 nitrogen and oxygen atoms in total. The van der Waals surface area contributed by atoms with Gasteiger partial charge in [0.1, 0.15) is 13.2 Å². The predicted molar refractivity (Wildman–Crippen MR) is 349 cm³/mol. The summed E-state index contributed by atoms with van der Waals surface area (Å²) >= 11 is 0. The second kappa shape index (κ2) is 69.4. The first-order valence-electron chi connectivity index (χ1n) is 36.3. The van der Waals surface area contributed by atoms with Crippen molar-refractivity contribution in [2.45, 2.75) is 419 Å². The number of hydrogen-bond donors (Lipinski definition) is 0. The maximum absolute atomic E-state index is 12.9. The molecule has 0 bridgehead atoms. The van der Waals surface area contributed by atoms with Crippen molar-refractivity contribution in [3.8, 4) is 0 Å². The standard InChI is InChI=1S/C74H140O6/c1-4-7-10-13-16-19-22-25-27-29-31-33-34-35-36-37-38-39-40-42-43-45-47-49-52-55-58-61-64-67-73(76)79-70-71(69-78-72(75)66-63-60-57-54-51-24-21-18-15-12-9-6-3)80-74(77)68-65-62-59-56-53-50-48-46-44-41-32-30-28-26-23-20-17-14-11-8-5-2/h18,21,29,31,71H,4-17,19-20,22-28,30,32-70H2,1-3H3/b21-18-,31-29-. The summed E-state index contributed by atoms with van der Waals surface area (Å²) in [7, 11) is 0. The van der Waals surface area contributed by atoms with Crippen molar-refractivity contribution in [1.82, 2.24) is 0 Å². The molecule has 0 radical (unpaired) electrons. The highest BCUT2D eigenvalue weighted by molar-refractivity contribution is 5.71. The molecule has 0 rings (SSSR count). The molecule has 0 amide bonds. The molecule has 0 saturated heterocycles. The van der Waals surface area contributed by atoms with E-state index in [1.54, 1.807) is 0 Å². The quantitative estimate of drug-likeness (QED) is 0.0261. The SMILES string of the molecule is CCCCC/C=C\CCCCCCCC(=O)OCC(COC(=O)CCCCCCCCCCCCCCCCCCC/C=C\CCCCCCCCCC)OC(=O)CCCCCCCCCCCCCCCCCCCCCCC. The molecule has 1 atom stereocenters. The summed E-state index contributed by atoms with van der Waals surface area (Å²) < 4.78 is 17.0. The Morgan fingerprint density at radius 2 is 0.412 bits per heavy atom. The van der Waals surface area contributed by atoms with Crippen LogP contribution in [0.1, 0.15) is 412 Å². The van der Waals surface area contributed by atoms with E-state index in [-0.39, 0.29) is 31.1 Å². The van der Waals surface area contributed by atoms with Gasteiger partial charge in [0.05, 0.1) is 0 Å². The maximum Gasteiger partial charge on any atom is 0.306 e. The van der Waals surface area contributed by atoms with Crippen LogP contribution < -0.4 is 0 Å². The van der Waals surface area contributed by atoms with Crippen LogP contribution in [0, 0.1) is 0 Å². The Hall–Kier alpha value is -2.11. The summed E-state index contributed by atoms with van der Waals surface area (Å²) in [6.07, 6.45) is 85.1. The van der Waals surface area contributed by atoms with E-state index in [2.05, 4.69) is 45.1 Å². The van der Waals surface area contributed by atoms with Crippen molar-refractivity contribution in [2.75, 3.05) is 13.2 Å². The van der Waals surface area contributed by atoms with Crippen molar-refractivity contribution in [3.63, 3.8) is 0 Å². The molecule has 0 aromatic rings. The summed E-state index contributed by atoms with van der Waals surface area (Å²) in [6, 6.07) is 0. The van der Waals surface area contributed by atoms with Gasteiger partial charge in [-0.05, 0) is 70.6 Å². The lowest BCUT2D eigenvalue weighted by Crippen LogP contribution is -2.30. The molecule has 0 aromatic heterocycles. The van der Waals surface area contributed by atoms with Crippen LogP contribution in [0.5, 0.6) is 0 Å². The van der Waals surface area contributed by atoms with E-state index in [1.807, 2.05) is 0 Å². The molecule has 6 heteroatoms. The lowest BCUT2D eigenvalue weighted by Gasteiger charge is -2.18. The van der Waals surface area contributed by atoms with E-state index in [9.17, 15) is 14.4 Å². The first-order chi connectivity index (χ1) is 39.5. The molecule has 0 N–H and O–H groups in total. The fourth-order valence-corrected chi connectivity index (χ4v) is 11.2. The smallest absolute Gasteiger partial charge is 0.306 e. The normalized spacial score (nSPS) is 12.1. The van der Waals surface area contributed by atoms with Crippen LogP contribution in [-0.2, 0) is 28.6 Å². The molecule has 0 aromatic carbocycles. The predicted octanol–water partition coefficient (Wildman–Crippen LogP) is 25.0. The van der Waals surface area contributed by atoms with Crippen LogP contribution in [0.3, 0.4) is 0 Å². The van der Waals surface area contributed by atoms with Gasteiger partial charge in [-0.2, -0.15) is 0 Å². The molecule has 0 aliphatic rings. The van der Waals surface area contributed by atoms with Gasteiger partial charge in [-0.3, -0.25) is 14.4 Å². The number of ether oxygens (including phenoxy) is 3. The van der Waals surface area contributed by atoms with Gasteiger partial charge >= 0.3 is 17.9 Å². The van der Waals surface area contributed by atoms with Crippen LogP contribution in [0.15, 0.2) is 24.3 Å². The third kappa shape index (κ3) is 66.7. The molecule has 80 heavy (non-hydrogen) atoms. The number of rotatable bonds is 68. The Balaban J connectivity index is 4.15. The molecule has 472 valence electrons. The van der Waals surface area contributed by atoms with Gasteiger partial charge in [-0.25, -0.2) is 0 Å². The van der Waals surface area contributed by atoms with Crippen molar-refractivity contribution in [1.29, 1.82) is 0 Å². The topological polar surface area (TPSA) is 78.9 Å². The Morgan fingerprint density at radius 3 is 0.650 bits per heavy atom. The second-order valence-electron chi connectivity index (χ2n) is 24.9. The first-order valence-corrected chi connectivity index (χ1v) is 36.3. The van der Waals surface area contributed by atoms with Crippen LogP contribution in [0.2, 0.25) is 0 Å². The van der Waals surface area contributed by atoms with E-state index in [0.29, 0.717) is 19.3 Å². The molecule has 0 spiro atoms. The number of allylic oxidation sites excluding steroid dienone is 4. The summed E-state index contributed by atoms with van der Waals surface area (Å²) in [5.74, 6) is -0.845. The van der Waals surface area contributed by atoms with Crippen molar-refractivity contribution in [2.24, 2.45) is 0 Å². The van der Waals surface area contributed by atoms with Gasteiger partial charge in [0.2, 0.25) is 0 Å². The number of unbranched alkanes of at least 4 members (excludes halogenated alkanes) is 53. The summed E-state index contributed by atoms with van der Waals surface area (Å²) in [4.78, 5) is 38.4. The Morgan fingerprint density at radius 1 is 0.237 bits per heavy atom.